The molecule has 1 nitrogen and oxygen atoms in total. The molecule has 1 saturated carbocycles. The molecule has 2 heteroatoms. The lowest BCUT2D eigenvalue weighted by molar-refractivity contribution is 0.249. The molecule has 1 aliphatic carbocycles. The smallest absolute Gasteiger partial charge is 0.0418 e. The number of thiophene rings is 1. The van der Waals surface area contributed by atoms with E-state index in [9.17, 15) is 0 Å². The van der Waals surface area contributed by atoms with Crippen LogP contribution in [-0.4, -0.2) is 0 Å². The van der Waals surface area contributed by atoms with Gasteiger partial charge in [-0.3, -0.25) is 0 Å². The van der Waals surface area contributed by atoms with Crippen LogP contribution >= 0.6 is 11.3 Å². The van der Waals surface area contributed by atoms with Crippen molar-refractivity contribution in [1.82, 2.24) is 0 Å². The van der Waals surface area contributed by atoms with E-state index < -0.39 is 0 Å². The van der Waals surface area contributed by atoms with Crippen LogP contribution in [-0.2, 0) is 0 Å². The van der Waals surface area contributed by atoms with Gasteiger partial charge in [0.25, 0.3) is 0 Å². The van der Waals surface area contributed by atoms with Crippen LogP contribution in [0.15, 0.2) is 6.07 Å². The fraction of sp³-hybridized carbons (Fsp3) is 0.714. The Kier molecular flexibility index (Phi) is 3.70. The Hall–Kier alpha value is -0.340. The molecule has 1 aromatic heterocycles. The van der Waals surface area contributed by atoms with E-state index in [1.807, 2.05) is 11.3 Å². The zero-order chi connectivity index (χ0) is 11.7. The Balaban J connectivity index is 2.08. The molecule has 1 aromatic rings. The predicted octanol–water partition coefficient (Wildman–Crippen LogP) is 4.19. The Labute approximate surface area is 103 Å². The lowest BCUT2D eigenvalue weighted by Gasteiger charge is -2.30. The Morgan fingerprint density at radius 2 is 2.12 bits per heavy atom. The summed E-state index contributed by atoms with van der Waals surface area (Å²) in [5, 5.41) is 0. The maximum absolute atomic E-state index is 6.42. The number of hydrogen-bond donors (Lipinski definition) is 1. The predicted molar refractivity (Wildman–Crippen MR) is 71.8 cm³/mol. The van der Waals surface area contributed by atoms with Crippen LogP contribution in [0.3, 0.4) is 0 Å². The van der Waals surface area contributed by atoms with E-state index >= 15 is 0 Å². The van der Waals surface area contributed by atoms with Crippen molar-refractivity contribution < 1.29 is 0 Å². The first-order valence-electron chi connectivity index (χ1n) is 6.40. The average Bonchev–Trinajstić information content (AvgIpc) is 2.58. The molecule has 2 rings (SSSR count). The normalized spacial score (nSPS) is 28.0. The third-order valence-electron chi connectivity index (χ3n) is 4.00. The van der Waals surface area contributed by atoms with E-state index in [-0.39, 0.29) is 6.04 Å². The Morgan fingerprint density at radius 1 is 1.38 bits per heavy atom. The molecule has 0 aliphatic heterocycles. The summed E-state index contributed by atoms with van der Waals surface area (Å²) in [4.78, 5) is 2.82. The highest BCUT2D eigenvalue weighted by molar-refractivity contribution is 7.12. The van der Waals surface area contributed by atoms with Gasteiger partial charge in [-0.2, -0.15) is 0 Å². The molecule has 1 aliphatic rings. The average molecular weight is 237 g/mol. The van der Waals surface area contributed by atoms with Crippen LogP contribution in [0.2, 0.25) is 0 Å². The van der Waals surface area contributed by atoms with Crippen molar-refractivity contribution in [1.29, 1.82) is 0 Å². The molecule has 0 aromatic carbocycles. The molecule has 3 unspecified atom stereocenters. The van der Waals surface area contributed by atoms with Crippen LogP contribution in [0.25, 0.3) is 0 Å². The number of aryl methyl sites for hydroxylation is 2. The molecular weight excluding hydrogens is 214 g/mol. The van der Waals surface area contributed by atoms with E-state index in [0.717, 1.165) is 5.92 Å². The summed E-state index contributed by atoms with van der Waals surface area (Å²) in [7, 11) is 0. The van der Waals surface area contributed by atoms with Gasteiger partial charge in [-0.25, -0.2) is 0 Å². The van der Waals surface area contributed by atoms with E-state index in [2.05, 4.69) is 26.8 Å². The summed E-state index contributed by atoms with van der Waals surface area (Å²) < 4.78 is 0. The van der Waals surface area contributed by atoms with Crippen molar-refractivity contribution in [2.45, 2.75) is 52.5 Å². The van der Waals surface area contributed by atoms with Gasteiger partial charge in [-0.15, -0.1) is 11.3 Å². The van der Waals surface area contributed by atoms with Crippen molar-refractivity contribution in [3.63, 3.8) is 0 Å². The SMILES string of the molecule is Cc1cc(C(N)C2CCCC(C)C2)sc1C. The molecule has 0 spiro atoms. The van der Waals surface area contributed by atoms with Gasteiger partial charge in [-0.05, 0) is 50.2 Å². The lowest BCUT2D eigenvalue weighted by atomic mass is 9.78. The van der Waals surface area contributed by atoms with E-state index in [1.165, 1.54) is 41.0 Å². The molecule has 1 fully saturated rings. The minimum absolute atomic E-state index is 0.278. The summed E-state index contributed by atoms with van der Waals surface area (Å²) in [6.45, 7) is 6.75. The Morgan fingerprint density at radius 3 is 2.69 bits per heavy atom. The zero-order valence-corrected chi connectivity index (χ0v) is 11.4. The van der Waals surface area contributed by atoms with Gasteiger partial charge in [0.15, 0.2) is 0 Å². The minimum Gasteiger partial charge on any atom is -0.323 e. The van der Waals surface area contributed by atoms with Gasteiger partial charge in [0.1, 0.15) is 0 Å². The van der Waals surface area contributed by atoms with E-state index in [0.29, 0.717) is 5.92 Å². The fourth-order valence-corrected chi connectivity index (χ4v) is 3.94. The van der Waals surface area contributed by atoms with Crippen LogP contribution < -0.4 is 5.73 Å². The monoisotopic (exact) mass is 237 g/mol. The first kappa shape index (κ1) is 12.1. The van der Waals surface area contributed by atoms with Crippen LogP contribution in [0.1, 0.15) is 54.0 Å². The quantitative estimate of drug-likeness (QED) is 0.820. The Bertz CT molecular complexity index is 336. The van der Waals surface area contributed by atoms with Gasteiger partial charge < -0.3 is 5.73 Å². The lowest BCUT2D eigenvalue weighted by Crippen LogP contribution is -2.25. The van der Waals surface area contributed by atoms with Crippen molar-refractivity contribution in [3.05, 3.63) is 21.4 Å². The number of rotatable bonds is 2. The topological polar surface area (TPSA) is 26.0 Å². The molecule has 2 N–H and O–H groups in total. The first-order valence-corrected chi connectivity index (χ1v) is 7.22. The largest absolute Gasteiger partial charge is 0.323 e. The molecule has 0 saturated heterocycles. The number of hydrogen-bond acceptors (Lipinski definition) is 2. The van der Waals surface area contributed by atoms with Crippen molar-refractivity contribution in [3.8, 4) is 0 Å². The van der Waals surface area contributed by atoms with Gasteiger partial charge >= 0.3 is 0 Å². The van der Waals surface area contributed by atoms with Crippen LogP contribution in [0, 0.1) is 25.7 Å². The van der Waals surface area contributed by atoms with Gasteiger partial charge in [-0.1, -0.05) is 19.8 Å². The highest BCUT2D eigenvalue weighted by Crippen LogP contribution is 2.38. The standard InChI is InChI=1S/C14H23NS/c1-9-5-4-6-12(7-9)14(15)13-8-10(2)11(3)16-13/h8-9,12,14H,4-7,15H2,1-3H3. The molecule has 90 valence electrons. The van der Waals surface area contributed by atoms with E-state index in [1.54, 1.807) is 0 Å². The highest BCUT2D eigenvalue weighted by Gasteiger charge is 2.26. The second-order valence-corrected chi connectivity index (χ2v) is 6.73. The zero-order valence-electron chi connectivity index (χ0n) is 10.6. The second kappa shape index (κ2) is 4.89. The molecule has 16 heavy (non-hydrogen) atoms. The van der Waals surface area contributed by atoms with E-state index in [4.69, 9.17) is 5.73 Å². The first-order chi connectivity index (χ1) is 7.58. The summed E-state index contributed by atoms with van der Waals surface area (Å²) in [6.07, 6.45) is 5.40. The summed E-state index contributed by atoms with van der Waals surface area (Å²) in [5.41, 5.74) is 7.83. The molecule has 1 heterocycles. The summed E-state index contributed by atoms with van der Waals surface area (Å²) in [6, 6.07) is 2.57. The van der Waals surface area contributed by atoms with Gasteiger partial charge in [0.05, 0.1) is 0 Å². The third-order valence-corrected chi connectivity index (χ3v) is 5.25. The fourth-order valence-electron chi connectivity index (χ4n) is 2.81. The molecule has 0 radical (unpaired) electrons. The third kappa shape index (κ3) is 2.49. The highest BCUT2D eigenvalue weighted by atomic mass is 32.1. The number of nitrogens with two attached hydrogens (primary N) is 1. The summed E-state index contributed by atoms with van der Waals surface area (Å²) in [5.74, 6) is 1.58. The maximum atomic E-state index is 6.42. The van der Waals surface area contributed by atoms with Crippen LogP contribution in [0.5, 0.6) is 0 Å². The molecule has 3 atom stereocenters. The van der Waals surface area contributed by atoms with Gasteiger partial charge in [0, 0.05) is 15.8 Å². The molecule has 0 amide bonds. The molecule has 0 bridgehead atoms. The van der Waals surface area contributed by atoms with Crippen molar-refractivity contribution in [2.24, 2.45) is 17.6 Å². The minimum atomic E-state index is 0.278. The van der Waals surface area contributed by atoms with Crippen LogP contribution in [0.4, 0.5) is 0 Å². The maximum Gasteiger partial charge on any atom is 0.0418 e. The van der Waals surface area contributed by atoms with Gasteiger partial charge in [0.2, 0.25) is 0 Å². The van der Waals surface area contributed by atoms with Crippen molar-refractivity contribution >= 4 is 11.3 Å². The summed E-state index contributed by atoms with van der Waals surface area (Å²) >= 11 is 1.89. The molecular formula is C14H23NS. The second-order valence-electron chi connectivity index (χ2n) is 5.45. The van der Waals surface area contributed by atoms with Crippen molar-refractivity contribution in [2.75, 3.05) is 0 Å².